The molecule has 0 unspecified atom stereocenters. The van der Waals surface area contributed by atoms with Gasteiger partial charge >= 0.3 is 0 Å². The number of H-pyrrole nitrogens is 1. The van der Waals surface area contributed by atoms with Gasteiger partial charge in [0.1, 0.15) is 5.75 Å². The van der Waals surface area contributed by atoms with E-state index >= 15 is 0 Å². The molecule has 2 heteroatoms. The lowest BCUT2D eigenvalue weighted by Gasteiger charge is -1.98. The fourth-order valence-corrected chi connectivity index (χ4v) is 1.23. The normalized spacial score (nSPS) is 10.3. The third-order valence-electron chi connectivity index (χ3n) is 1.79. The molecule has 0 radical (unpaired) electrons. The molecule has 0 fully saturated rings. The van der Waals surface area contributed by atoms with Gasteiger partial charge in [-0.3, -0.25) is 0 Å². The van der Waals surface area contributed by atoms with Gasteiger partial charge in [-0.2, -0.15) is 0 Å². The van der Waals surface area contributed by atoms with Gasteiger partial charge in [-0.25, -0.2) is 0 Å². The number of nitrogens with one attached hydrogen (secondary N) is 1. The summed E-state index contributed by atoms with van der Waals surface area (Å²) in [5, 5.41) is 2.32. The molecule has 56 valence electrons. The first-order valence-electron chi connectivity index (χ1n) is 3.51. The van der Waals surface area contributed by atoms with Crippen LogP contribution in [0, 0.1) is 0 Å². The van der Waals surface area contributed by atoms with Gasteiger partial charge in [0.25, 0.3) is 0 Å². The zero-order valence-electron chi connectivity index (χ0n) is 6.29. The van der Waals surface area contributed by atoms with Crippen LogP contribution in [0.3, 0.4) is 0 Å². The molecule has 0 saturated heterocycles. The summed E-state index contributed by atoms with van der Waals surface area (Å²) in [5.41, 5.74) is 0. The summed E-state index contributed by atoms with van der Waals surface area (Å²) in [6, 6.07) is 5.99. The summed E-state index contributed by atoms with van der Waals surface area (Å²) in [6.45, 7) is 0. The first-order valence-corrected chi connectivity index (χ1v) is 3.51. The molecule has 2 aromatic rings. The highest BCUT2D eigenvalue weighted by Crippen LogP contribution is 2.23. The molecule has 1 aromatic heterocycles. The largest absolute Gasteiger partial charge is 0.496 e. The van der Waals surface area contributed by atoms with Crippen LogP contribution in [0.25, 0.3) is 10.8 Å². The number of hydrogen-bond donors (Lipinski definition) is 1. The van der Waals surface area contributed by atoms with Crippen molar-refractivity contribution in [1.29, 1.82) is 0 Å². The molecule has 1 heterocycles. The molecular formula is C9H9NO. The van der Waals surface area contributed by atoms with E-state index in [2.05, 4.69) is 4.98 Å². The number of hydrogen-bond acceptors (Lipinski definition) is 1. The van der Waals surface area contributed by atoms with E-state index in [0.717, 1.165) is 11.1 Å². The van der Waals surface area contributed by atoms with Gasteiger partial charge in [-0.05, 0) is 6.07 Å². The molecule has 2 rings (SSSR count). The van der Waals surface area contributed by atoms with Crippen LogP contribution < -0.4 is 4.74 Å². The Morgan fingerprint density at radius 3 is 3.00 bits per heavy atom. The lowest BCUT2D eigenvalue weighted by molar-refractivity contribution is 0.420. The van der Waals surface area contributed by atoms with Crippen molar-refractivity contribution >= 4 is 10.8 Å². The Morgan fingerprint density at radius 2 is 2.18 bits per heavy atom. The van der Waals surface area contributed by atoms with E-state index in [1.807, 2.05) is 30.6 Å². The van der Waals surface area contributed by atoms with Crippen molar-refractivity contribution in [3.05, 3.63) is 30.6 Å². The van der Waals surface area contributed by atoms with Gasteiger partial charge in [0.2, 0.25) is 0 Å². The van der Waals surface area contributed by atoms with Crippen LogP contribution in [0.2, 0.25) is 0 Å². The fourth-order valence-electron chi connectivity index (χ4n) is 1.23. The first kappa shape index (κ1) is 6.28. The van der Waals surface area contributed by atoms with Crippen LogP contribution in [-0.2, 0) is 0 Å². The van der Waals surface area contributed by atoms with E-state index in [0.29, 0.717) is 0 Å². The highest BCUT2D eigenvalue weighted by atomic mass is 16.5. The topological polar surface area (TPSA) is 25.0 Å². The maximum absolute atomic E-state index is 5.17. The van der Waals surface area contributed by atoms with Crippen LogP contribution in [0.15, 0.2) is 30.6 Å². The van der Waals surface area contributed by atoms with Crippen molar-refractivity contribution in [3.8, 4) is 5.75 Å². The van der Waals surface area contributed by atoms with Gasteiger partial charge in [-0.1, -0.05) is 12.1 Å². The monoisotopic (exact) mass is 147 g/mol. The standard InChI is InChI=1S/C9H9NO/c1-11-9-4-2-3-7-5-10-6-8(7)9/h2-6,10H,1H3. The Hall–Kier alpha value is -1.44. The quantitative estimate of drug-likeness (QED) is 0.657. The lowest BCUT2D eigenvalue weighted by Crippen LogP contribution is -1.81. The summed E-state index contributed by atoms with van der Waals surface area (Å²) in [5.74, 6) is 0.920. The van der Waals surface area contributed by atoms with E-state index in [1.54, 1.807) is 7.11 Å². The predicted octanol–water partition coefficient (Wildman–Crippen LogP) is 2.18. The SMILES string of the molecule is COc1cccc2c[nH]cc12. The molecule has 0 aliphatic rings. The van der Waals surface area contributed by atoms with E-state index in [-0.39, 0.29) is 0 Å². The maximum atomic E-state index is 5.17. The maximum Gasteiger partial charge on any atom is 0.128 e. The summed E-state index contributed by atoms with van der Waals surface area (Å²) in [6.07, 6.45) is 3.89. The summed E-state index contributed by atoms with van der Waals surface area (Å²) in [7, 11) is 1.68. The van der Waals surface area contributed by atoms with E-state index in [1.165, 1.54) is 5.39 Å². The molecule has 1 aromatic carbocycles. The zero-order chi connectivity index (χ0) is 7.68. The van der Waals surface area contributed by atoms with E-state index in [9.17, 15) is 0 Å². The molecule has 0 aliphatic heterocycles. The molecule has 0 aliphatic carbocycles. The van der Waals surface area contributed by atoms with Gasteiger partial charge in [0.05, 0.1) is 7.11 Å². The average Bonchev–Trinajstić information content (AvgIpc) is 2.50. The molecular weight excluding hydrogens is 138 g/mol. The minimum absolute atomic E-state index is 0.920. The number of aromatic amines is 1. The van der Waals surface area contributed by atoms with Gasteiger partial charge in [0, 0.05) is 23.2 Å². The Morgan fingerprint density at radius 1 is 1.27 bits per heavy atom. The van der Waals surface area contributed by atoms with Crippen molar-refractivity contribution in [2.45, 2.75) is 0 Å². The average molecular weight is 147 g/mol. The van der Waals surface area contributed by atoms with Crippen LogP contribution >= 0.6 is 0 Å². The smallest absolute Gasteiger partial charge is 0.128 e. The fraction of sp³-hybridized carbons (Fsp3) is 0.111. The van der Waals surface area contributed by atoms with Crippen molar-refractivity contribution < 1.29 is 4.74 Å². The summed E-state index contributed by atoms with van der Waals surface area (Å²) >= 11 is 0. The van der Waals surface area contributed by atoms with Crippen LogP contribution in [0.4, 0.5) is 0 Å². The first-order chi connectivity index (χ1) is 5.42. The third kappa shape index (κ3) is 0.871. The number of methoxy groups -OCH3 is 1. The molecule has 0 atom stereocenters. The minimum Gasteiger partial charge on any atom is -0.496 e. The number of benzene rings is 1. The zero-order valence-corrected chi connectivity index (χ0v) is 6.29. The van der Waals surface area contributed by atoms with E-state index in [4.69, 9.17) is 4.74 Å². The summed E-state index contributed by atoms with van der Waals surface area (Å²) < 4.78 is 5.17. The Bertz CT molecular complexity index is 364. The second-order valence-corrected chi connectivity index (χ2v) is 2.42. The molecule has 0 saturated carbocycles. The van der Waals surface area contributed by atoms with Crippen LogP contribution in [0.1, 0.15) is 0 Å². The molecule has 0 amide bonds. The van der Waals surface area contributed by atoms with Crippen LogP contribution in [0.5, 0.6) is 5.75 Å². The number of rotatable bonds is 1. The molecule has 0 spiro atoms. The van der Waals surface area contributed by atoms with Crippen molar-refractivity contribution in [1.82, 2.24) is 4.98 Å². The second kappa shape index (κ2) is 2.31. The minimum atomic E-state index is 0.920. The van der Waals surface area contributed by atoms with Gasteiger partial charge in [-0.15, -0.1) is 0 Å². The van der Waals surface area contributed by atoms with Gasteiger partial charge in [0.15, 0.2) is 0 Å². The lowest BCUT2D eigenvalue weighted by atomic mass is 10.2. The summed E-state index contributed by atoms with van der Waals surface area (Å²) in [4.78, 5) is 3.03. The Balaban J connectivity index is 2.79. The molecule has 2 nitrogen and oxygen atoms in total. The van der Waals surface area contributed by atoms with Crippen molar-refractivity contribution in [3.63, 3.8) is 0 Å². The molecule has 1 N–H and O–H groups in total. The van der Waals surface area contributed by atoms with Gasteiger partial charge < -0.3 is 9.72 Å². The van der Waals surface area contributed by atoms with E-state index < -0.39 is 0 Å². The highest BCUT2D eigenvalue weighted by Gasteiger charge is 1.98. The Kier molecular flexibility index (Phi) is 1.32. The number of aromatic nitrogens is 1. The second-order valence-electron chi connectivity index (χ2n) is 2.42. The number of ether oxygens (including phenoxy) is 1. The molecule has 11 heavy (non-hydrogen) atoms. The van der Waals surface area contributed by atoms with Crippen molar-refractivity contribution in [2.24, 2.45) is 0 Å². The molecule has 0 bridgehead atoms. The number of fused-ring (bicyclic) bond motifs is 1. The third-order valence-corrected chi connectivity index (χ3v) is 1.79. The Labute approximate surface area is 64.8 Å². The van der Waals surface area contributed by atoms with Crippen LogP contribution in [-0.4, -0.2) is 12.1 Å². The predicted molar refractivity (Wildman–Crippen MR) is 44.9 cm³/mol. The highest BCUT2D eigenvalue weighted by molar-refractivity contribution is 5.87. The van der Waals surface area contributed by atoms with Crippen molar-refractivity contribution in [2.75, 3.05) is 7.11 Å².